The lowest BCUT2D eigenvalue weighted by Gasteiger charge is -2.11. The summed E-state index contributed by atoms with van der Waals surface area (Å²) in [5, 5.41) is 3.17. The van der Waals surface area contributed by atoms with Gasteiger partial charge in [0.2, 0.25) is 0 Å². The van der Waals surface area contributed by atoms with Gasteiger partial charge in [0.25, 0.3) is 0 Å². The van der Waals surface area contributed by atoms with Crippen LogP contribution in [0.15, 0.2) is 29.2 Å². The topological polar surface area (TPSA) is 12.0 Å². The average Bonchev–Trinajstić information content (AvgIpc) is 2.95. The van der Waals surface area contributed by atoms with Crippen molar-refractivity contribution >= 4 is 17.4 Å². The number of hydrogen-bond acceptors (Lipinski definition) is 2. The first kappa shape index (κ1) is 9.84. The van der Waals surface area contributed by atoms with E-state index in [-0.39, 0.29) is 0 Å². The maximum atomic E-state index is 13.4. The van der Waals surface area contributed by atoms with Crippen LogP contribution in [-0.4, -0.2) is 18.5 Å². The molecule has 0 bridgehead atoms. The lowest BCUT2D eigenvalue weighted by Crippen LogP contribution is -2.16. The zero-order valence-corrected chi connectivity index (χ0v) is 9.03. The Kier molecular flexibility index (Phi) is 2.68. The Morgan fingerprint density at radius 3 is 2.79 bits per heavy atom. The van der Waals surface area contributed by atoms with Crippen LogP contribution in [0.25, 0.3) is 0 Å². The quantitative estimate of drug-likeness (QED) is 0.767. The fourth-order valence-electron chi connectivity index (χ4n) is 1.36. The molecule has 1 aromatic rings. The highest BCUT2D eigenvalue weighted by Crippen LogP contribution is 2.40. The first-order valence-electron chi connectivity index (χ1n) is 4.79. The Morgan fingerprint density at radius 2 is 2.14 bits per heavy atom. The van der Waals surface area contributed by atoms with Gasteiger partial charge >= 0.3 is 0 Å². The van der Waals surface area contributed by atoms with Gasteiger partial charge in [-0.2, -0.15) is 0 Å². The third-order valence-corrected chi connectivity index (χ3v) is 3.29. The first-order chi connectivity index (χ1) is 6.73. The van der Waals surface area contributed by atoms with Crippen molar-refractivity contribution in [3.8, 4) is 0 Å². The predicted octanol–water partition coefficient (Wildman–Crippen LogP) is 3.32. The molecule has 1 aliphatic carbocycles. The van der Waals surface area contributed by atoms with Crippen molar-refractivity contribution in [3.05, 3.63) is 24.3 Å². The summed E-state index contributed by atoms with van der Waals surface area (Å²) in [6, 6.07) is 8.02. The molecule has 0 aliphatic heterocycles. The van der Waals surface area contributed by atoms with E-state index in [1.165, 1.54) is 4.90 Å². The van der Waals surface area contributed by atoms with Crippen LogP contribution in [0.2, 0.25) is 0 Å². The number of para-hydroxylation sites is 1. The Hall–Kier alpha value is -0.700. The molecular formula is C11H14FNS. The van der Waals surface area contributed by atoms with Crippen molar-refractivity contribution < 1.29 is 4.39 Å². The Morgan fingerprint density at radius 1 is 1.43 bits per heavy atom. The molecule has 14 heavy (non-hydrogen) atoms. The summed E-state index contributed by atoms with van der Waals surface area (Å²) in [4.78, 5) is 1.18. The van der Waals surface area contributed by atoms with Gasteiger partial charge in [0.15, 0.2) is 0 Å². The molecule has 0 unspecified atom stereocenters. The molecule has 1 aliphatic rings. The zero-order valence-electron chi connectivity index (χ0n) is 8.22. The molecule has 1 fully saturated rings. The Labute approximate surface area is 88.1 Å². The molecule has 0 amide bonds. The van der Waals surface area contributed by atoms with E-state index in [4.69, 9.17) is 0 Å². The molecule has 0 radical (unpaired) electrons. The number of rotatable bonds is 4. The predicted molar refractivity (Wildman–Crippen MR) is 59.8 cm³/mol. The number of nitrogens with one attached hydrogen (secondary N) is 1. The van der Waals surface area contributed by atoms with Gasteiger partial charge < -0.3 is 5.32 Å². The summed E-state index contributed by atoms with van der Waals surface area (Å²) in [6.45, 7) is 0.449. The van der Waals surface area contributed by atoms with E-state index in [2.05, 4.69) is 5.32 Å². The summed E-state index contributed by atoms with van der Waals surface area (Å²) < 4.78 is 13.4. The fourth-order valence-corrected chi connectivity index (χ4v) is 1.93. The van der Waals surface area contributed by atoms with Crippen LogP contribution in [0.1, 0.15) is 12.8 Å². The Bertz CT molecular complexity index is 323. The Balaban J connectivity index is 2.00. The minimum Gasteiger partial charge on any atom is -0.381 e. The molecule has 3 heteroatoms. The smallest absolute Gasteiger partial charge is 0.128 e. The summed E-state index contributed by atoms with van der Waals surface area (Å²) in [7, 11) is 0. The van der Waals surface area contributed by atoms with Crippen LogP contribution >= 0.6 is 11.8 Å². The van der Waals surface area contributed by atoms with Gasteiger partial charge in [-0.25, -0.2) is 4.39 Å². The van der Waals surface area contributed by atoms with Crippen molar-refractivity contribution in [3.63, 3.8) is 0 Å². The number of thioether (sulfide) groups is 1. The second-order valence-electron chi connectivity index (χ2n) is 3.70. The van der Waals surface area contributed by atoms with E-state index < -0.39 is 5.67 Å². The SMILES string of the molecule is CSc1ccccc1NCC1(F)CC1. The van der Waals surface area contributed by atoms with Crippen LogP contribution in [0.4, 0.5) is 10.1 Å². The van der Waals surface area contributed by atoms with Crippen LogP contribution in [0.5, 0.6) is 0 Å². The van der Waals surface area contributed by atoms with Gasteiger partial charge in [0, 0.05) is 17.1 Å². The van der Waals surface area contributed by atoms with Gasteiger partial charge in [-0.3, -0.25) is 0 Å². The summed E-state index contributed by atoms with van der Waals surface area (Å²) in [5.41, 5.74) is 0.120. The third-order valence-electron chi connectivity index (χ3n) is 2.50. The second-order valence-corrected chi connectivity index (χ2v) is 4.55. The maximum absolute atomic E-state index is 13.4. The summed E-state index contributed by atoms with van der Waals surface area (Å²) in [6.07, 6.45) is 3.45. The van der Waals surface area contributed by atoms with E-state index >= 15 is 0 Å². The number of alkyl halides is 1. The molecule has 0 spiro atoms. The van der Waals surface area contributed by atoms with Gasteiger partial charge in [0.1, 0.15) is 5.67 Å². The molecule has 0 saturated heterocycles. The van der Waals surface area contributed by atoms with Crippen molar-refractivity contribution in [1.29, 1.82) is 0 Å². The zero-order chi connectivity index (χ0) is 10.0. The molecule has 76 valence electrons. The number of halogens is 1. The van der Waals surface area contributed by atoms with Crippen molar-refractivity contribution in [2.75, 3.05) is 18.1 Å². The molecule has 0 heterocycles. The van der Waals surface area contributed by atoms with Crippen LogP contribution < -0.4 is 5.32 Å². The summed E-state index contributed by atoms with van der Waals surface area (Å²) in [5.74, 6) is 0. The fraction of sp³-hybridized carbons (Fsp3) is 0.455. The normalized spacial score (nSPS) is 17.9. The largest absolute Gasteiger partial charge is 0.381 e. The molecule has 2 rings (SSSR count). The molecule has 0 atom stereocenters. The van der Waals surface area contributed by atoms with Crippen molar-refractivity contribution in [2.24, 2.45) is 0 Å². The van der Waals surface area contributed by atoms with Gasteiger partial charge in [-0.15, -0.1) is 11.8 Å². The average molecular weight is 211 g/mol. The maximum Gasteiger partial charge on any atom is 0.128 e. The van der Waals surface area contributed by atoms with E-state index in [1.54, 1.807) is 11.8 Å². The molecule has 1 aromatic carbocycles. The highest BCUT2D eigenvalue weighted by molar-refractivity contribution is 7.98. The standard InChI is InChI=1S/C11H14FNS/c1-14-10-5-3-2-4-9(10)13-8-11(12)6-7-11/h2-5,13H,6-8H2,1H3. The minimum absolute atomic E-state index is 0.449. The molecular weight excluding hydrogens is 197 g/mol. The van der Waals surface area contributed by atoms with E-state index in [0.29, 0.717) is 19.4 Å². The van der Waals surface area contributed by atoms with E-state index in [0.717, 1.165) is 5.69 Å². The summed E-state index contributed by atoms with van der Waals surface area (Å²) >= 11 is 1.68. The molecule has 1 nitrogen and oxygen atoms in total. The van der Waals surface area contributed by atoms with Gasteiger partial charge in [0.05, 0.1) is 0 Å². The molecule has 0 aromatic heterocycles. The van der Waals surface area contributed by atoms with E-state index in [9.17, 15) is 4.39 Å². The van der Waals surface area contributed by atoms with Crippen LogP contribution in [-0.2, 0) is 0 Å². The van der Waals surface area contributed by atoms with Gasteiger partial charge in [-0.1, -0.05) is 12.1 Å². The van der Waals surface area contributed by atoms with Crippen molar-refractivity contribution in [2.45, 2.75) is 23.4 Å². The molecule has 1 saturated carbocycles. The minimum atomic E-state index is -0.925. The first-order valence-corrected chi connectivity index (χ1v) is 6.02. The van der Waals surface area contributed by atoms with Crippen molar-refractivity contribution in [1.82, 2.24) is 0 Å². The number of anilines is 1. The second kappa shape index (κ2) is 3.81. The number of benzene rings is 1. The van der Waals surface area contributed by atoms with Crippen LogP contribution in [0, 0.1) is 0 Å². The highest BCUT2D eigenvalue weighted by Gasteiger charge is 2.42. The monoisotopic (exact) mass is 211 g/mol. The van der Waals surface area contributed by atoms with Gasteiger partial charge in [-0.05, 0) is 31.2 Å². The van der Waals surface area contributed by atoms with Crippen LogP contribution in [0.3, 0.4) is 0 Å². The lowest BCUT2D eigenvalue weighted by atomic mass is 10.3. The van der Waals surface area contributed by atoms with E-state index in [1.807, 2.05) is 30.5 Å². The third kappa shape index (κ3) is 2.21. The number of hydrogen-bond donors (Lipinski definition) is 1. The highest BCUT2D eigenvalue weighted by atomic mass is 32.2. The molecule has 1 N–H and O–H groups in total. The lowest BCUT2D eigenvalue weighted by molar-refractivity contribution is 0.326.